The maximum Gasteiger partial charge on any atom is 0.257 e. The maximum absolute atomic E-state index is 5.45. The van der Waals surface area contributed by atoms with Crippen molar-refractivity contribution < 1.29 is 4.52 Å². The lowest BCUT2D eigenvalue weighted by molar-refractivity contribution is 0.421. The van der Waals surface area contributed by atoms with Gasteiger partial charge < -0.3 is 14.7 Å². The molecule has 1 saturated heterocycles. The molecular weight excluding hydrogens is 324 g/mol. The highest BCUT2D eigenvalue weighted by atomic mass is 16.5. The Bertz CT molecular complexity index is 808. The van der Waals surface area contributed by atoms with Crippen LogP contribution in [-0.4, -0.2) is 36.3 Å². The normalized spacial score (nSPS) is 14.5. The van der Waals surface area contributed by atoms with Crippen LogP contribution in [0.15, 0.2) is 59.1 Å². The molecule has 0 amide bonds. The predicted octanol–water partition coefficient (Wildman–Crippen LogP) is 3.32. The molecule has 3 aromatic rings. The topological polar surface area (TPSA) is 54.2 Å². The number of hydrogen-bond acceptors (Lipinski definition) is 5. The van der Waals surface area contributed by atoms with Crippen molar-refractivity contribution in [3.8, 4) is 11.5 Å². The summed E-state index contributed by atoms with van der Waals surface area (Å²) in [5.41, 5.74) is 3.57. The minimum Gasteiger partial charge on any atom is -0.369 e. The van der Waals surface area contributed by atoms with Crippen LogP contribution in [0.1, 0.15) is 17.8 Å². The van der Waals surface area contributed by atoms with Gasteiger partial charge in [0.15, 0.2) is 5.82 Å². The molecule has 0 radical (unpaired) electrons. The Labute approximate surface area is 154 Å². The van der Waals surface area contributed by atoms with E-state index in [1.807, 2.05) is 6.07 Å². The molecule has 0 atom stereocenters. The van der Waals surface area contributed by atoms with Gasteiger partial charge in [-0.15, -0.1) is 0 Å². The molecule has 0 saturated carbocycles. The van der Waals surface area contributed by atoms with E-state index < -0.39 is 0 Å². The van der Waals surface area contributed by atoms with E-state index in [0.717, 1.165) is 56.8 Å². The van der Waals surface area contributed by atoms with Crippen molar-refractivity contribution in [1.82, 2.24) is 15.5 Å². The molecule has 4 rings (SSSR count). The van der Waals surface area contributed by atoms with Crippen LogP contribution in [0.25, 0.3) is 11.5 Å². The van der Waals surface area contributed by atoms with E-state index in [4.69, 9.17) is 4.52 Å². The summed E-state index contributed by atoms with van der Waals surface area (Å²) in [6, 6.07) is 18.9. The Morgan fingerprint density at radius 1 is 0.923 bits per heavy atom. The number of nitrogens with one attached hydrogen (secondary N) is 1. The molecule has 1 N–H and O–H groups in total. The first-order chi connectivity index (χ1) is 12.9. The SMILES string of the molecule is c1ccc(CCCc2noc(-c3ccc(N4CCNCC4)cc3)n2)cc1. The smallest absolute Gasteiger partial charge is 0.257 e. The summed E-state index contributed by atoms with van der Waals surface area (Å²) in [4.78, 5) is 6.94. The van der Waals surface area contributed by atoms with Crippen LogP contribution in [0.3, 0.4) is 0 Å². The van der Waals surface area contributed by atoms with Crippen molar-refractivity contribution in [2.75, 3.05) is 31.1 Å². The van der Waals surface area contributed by atoms with Crippen molar-refractivity contribution in [2.24, 2.45) is 0 Å². The Morgan fingerprint density at radius 3 is 2.46 bits per heavy atom. The van der Waals surface area contributed by atoms with E-state index in [1.54, 1.807) is 0 Å². The summed E-state index contributed by atoms with van der Waals surface area (Å²) in [7, 11) is 0. The van der Waals surface area contributed by atoms with Gasteiger partial charge in [0, 0.05) is 43.9 Å². The summed E-state index contributed by atoms with van der Waals surface area (Å²) in [6.07, 6.45) is 2.88. The number of anilines is 1. The van der Waals surface area contributed by atoms with Crippen LogP contribution in [-0.2, 0) is 12.8 Å². The number of piperazine rings is 1. The molecule has 5 nitrogen and oxygen atoms in total. The Kier molecular flexibility index (Phi) is 5.26. The summed E-state index contributed by atoms with van der Waals surface area (Å²) < 4.78 is 5.45. The average molecular weight is 348 g/mol. The second-order valence-corrected chi connectivity index (χ2v) is 6.64. The van der Waals surface area contributed by atoms with Gasteiger partial charge >= 0.3 is 0 Å². The Hall–Kier alpha value is -2.66. The van der Waals surface area contributed by atoms with E-state index >= 15 is 0 Å². The van der Waals surface area contributed by atoms with Crippen LogP contribution in [0, 0.1) is 0 Å². The molecule has 26 heavy (non-hydrogen) atoms. The van der Waals surface area contributed by atoms with Crippen molar-refractivity contribution in [1.29, 1.82) is 0 Å². The molecule has 1 aromatic heterocycles. The molecular formula is C21H24N4O. The predicted molar refractivity (Wildman–Crippen MR) is 103 cm³/mol. The van der Waals surface area contributed by atoms with Gasteiger partial charge in [0.25, 0.3) is 5.89 Å². The zero-order chi connectivity index (χ0) is 17.6. The average Bonchev–Trinajstić information content (AvgIpc) is 3.19. The number of aromatic nitrogens is 2. The first-order valence-corrected chi connectivity index (χ1v) is 9.31. The fourth-order valence-electron chi connectivity index (χ4n) is 3.31. The number of aryl methyl sites for hydroxylation is 2. The largest absolute Gasteiger partial charge is 0.369 e. The van der Waals surface area contributed by atoms with Gasteiger partial charge in [-0.2, -0.15) is 4.98 Å². The molecule has 5 heteroatoms. The second-order valence-electron chi connectivity index (χ2n) is 6.64. The third-order valence-electron chi connectivity index (χ3n) is 4.77. The molecule has 134 valence electrons. The standard InChI is InChI=1S/C21H24N4O/c1-2-5-17(6-3-1)7-4-8-20-23-21(26-24-20)18-9-11-19(12-10-18)25-15-13-22-14-16-25/h1-3,5-6,9-12,22H,4,7-8,13-16H2. The zero-order valence-corrected chi connectivity index (χ0v) is 14.9. The lowest BCUT2D eigenvalue weighted by atomic mass is 10.1. The summed E-state index contributed by atoms with van der Waals surface area (Å²) in [5.74, 6) is 1.38. The van der Waals surface area contributed by atoms with Gasteiger partial charge in [0.1, 0.15) is 0 Å². The molecule has 1 aliphatic rings. The van der Waals surface area contributed by atoms with Gasteiger partial charge in [0.2, 0.25) is 0 Å². The zero-order valence-electron chi connectivity index (χ0n) is 14.9. The molecule has 0 spiro atoms. The number of benzene rings is 2. The highest BCUT2D eigenvalue weighted by molar-refractivity contribution is 5.59. The molecule has 0 bridgehead atoms. The van der Waals surface area contributed by atoms with Crippen molar-refractivity contribution in [3.05, 3.63) is 66.0 Å². The maximum atomic E-state index is 5.45. The third kappa shape index (κ3) is 4.11. The van der Waals surface area contributed by atoms with Gasteiger partial charge in [-0.1, -0.05) is 35.5 Å². The number of nitrogens with zero attached hydrogens (tertiary/aromatic N) is 3. The van der Waals surface area contributed by atoms with Gasteiger partial charge in [-0.25, -0.2) is 0 Å². The first-order valence-electron chi connectivity index (χ1n) is 9.31. The minimum atomic E-state index is 0.603. The molecule has 1 fully saturated rings. The monoisotopic (exact) mass is 348 g/mol. The fourth-order valence-corrected chi connectivity index (χ4v) is 3.31. The van der Waals surface area contributed by atoms with Crippen LogP contribution < -0.4 is 10.2 Å². The molecule has 0 aliphatic carbocycles. The summed E-state index contributed by atoms with van der Waals surface area (Å²) in [6.45, 7) is 4.17. The van der Waals surface area contributed by atoms with Crippen LogP contribution in [0.5, 0.6) is 0 Å². The van der Waals surface area contributed by atoms with Crippen molar-refractivity contribution in [3.63, 3.8) is 0 Å². The number of rotatable bonds is 6. The van der Waals surface area contributed by atoms with E-state index in [9.17, 15) is 0 Å². The quantitative estimate of drug-likeness (QED) is 0.741. The third-order valence-corrected chi connectivity index (χ3v) is 4.77. The van der Waals surface area contributed by atoms with Gasteiger partial charge in [-0.05, 0) is 42.7 Å². The molecule has 2 aromatic carbocycles. The molecule has 1 aliphatic heterocycles. The summed E-state index contributed by atoms with van der Waals surface area (Å²) in [5, 5.41) is 7.51. The fraction of sp³-hybridized carbons (Fsp3) is 0.333. The lowest BCUT2D eigenvalue weighted by Crippen LogP contribution is -2.43. The van der Waals surface area contributed by atoms with E-state index in [-0.39, 0.29) is 0 Å². The Morgan fingerprint density at radius 2 is 1.69 bits per heavy atom. The minimum absolute atomic E-state index is 0.603. The van der Waals surface area contributed by atoms with Gasteiger partial charge in [0.05, 0.1) is 0 Å². The van der Waals surface area contributed by atoms with Crippen LogP contribution in [0.2, 0.25) is 0 Å². The van der Waals surface area contributed by atoms with E-state index in [2.05, 4.69) is 68.9 Å². The van der Waals surface area contributed by atoms with Crippen LogP contribution >= 0.6 is 0 Å². The van der Waals surface area contributed by atoms with Gasteiger partial charge in [-0.3, -0.25) is 0 Å². The number of hydrogen-bond donors (Lipinski definition) is 1. The molecule has 0 unspecified atom stereocenters. The first kappa shape index (κ1) is 16.8. The van der Waals surface area contributed by atoms with Crippen molar-refractivity contribution >= 4 is 5.69 Å². The highest BCUT2D eigenvalue weighted by Crippen LogP contribution is 2.22. The summed E-state index contributed by atoms with van der Waals surface area (Å²) >= 11 is 0. The second kappa shape index (κ2) is 8.15. The van der Waals surface area contributed by atoms with Crippen LogP contribution in [0.4, 0.5) is 5.69 Å². The van der Waals surface area contributed by atoms with E-state index in [1.165, 1.54) is 11.3 Å². The van der Waals surface area contributed by atoms with E-state index in [0.29, 0.717) is 5.89 Å². The highest BCUT2D eigenvalue weighted by Gasteiger charge is 2.12. The lowest BCUT2D eigenvalue weighted by Gasteiger charge is -2.29. The Balaban J connectivity index is 1.35. The van der Waals surface area contributed by atoms with Crippen molar-refractivity contribution in [2.45, 2.75) is 19.3 Å². The molecule has 2 heterocycles.